The monoisotopic (exact) mass is 395 g/mol. The molecule has 4 rings (SSSR count). The van der Waals surface area contributed by atoms with Crippen LogP contribution in [0.4, 0.5) is 19.1 Å². The number of nitrogen functional groups attached to an aromatic ring is 1. The van der Waals surface area contributed by atoms with E-state index in [9.17, 15) is 18.3 Å². The van der Waals surface area contributed by atoms with E-state index in [1.807, 2.05) is 0 Å². The molecule has 0 spiro atoms. The van der Waals surface area contributed by atoms with Gasteiger partial charge >= 0.3 is 6.18 Å². The number of hydrogen-bond donors (Lipinski definition) is 3. The van der Waals surface area contributed by atoms with E-state index in [2.05, 4.69) is 24.6 Å². The molecule has 4 N–H and O–H groups in total. The number of halogens is 3. The van der Waals surface area contributed by atoms with Gasteiger partial charge in [-0.1, -0.05) is 17.3 Å². The van der Waals surface area contributed by atoms with E-state index in [1.54, 1.807) is 24.3 Å². The number of imidazole rings is 1. The highest BCUT2D eigenvalue weighted by molar-refractivity contribution is 7.10. The summed E-state index contributed by atoms with van der Waals surface area (Å²) < 4.78 is 46.2. The number of fused-ring (bicyclic) bond motifs is 1. The molecular formula is C16H12F3N5O2S. The van der Waals surface area contributed by atoms with Gasteiger partial charge in [-0.2, -0.15) is 13.2 Å². The topological polar surface area (TPSA) is 114 Å². The van der Waals surface area contributed by atoms with Crippen molar-refractivity contribution >= 4 is 28.3 Å². The molecular weight excluding hydrogens is 383 g/mol. The number of para-hydroxylation sites is 2. The Labute approximate surface area is 153 Å². The summed E-state index contributed by atoms with van der Waals surface area (Å²) in [6.45, 7) is 1.26. The van der Waals surface area contributed by atoms with E-state index in [1.165, 1.54) is 12.3 Å². The van der Waals surface area contributed by atoms with Crippen molar-refractivity contribution in [2.24, 2.45) is 0 Å². The highest BCUT2D eigenvalue weighted by Gasteiger charge is 2.61. The van der Waals surface area contributed by atoms with Crippen molar-refractivity contribution in [3.8, 4) is 11.5 Å². The molecule has 0 fully saturated rings. The summed E-state index contributed by atoms with van der Waals surface area (Å²) in [6, 6.07) is 7.14. The van der Waals surface area contributed by atoms with E-state index in [0.717, 1.165) is 0 Å². The zero-order valence-corrected chi connectivity index (χ0v) is 14.5. The lowest BCUT2D eigenvalue weighted by Gasteiger charge is -2.28. The Balaban J connectivity index is 1.86. The van der Waals surface area contributed by atoms with Crippen molar-refractivity contribution in [2.45, 2.75) is 18.7 Å². The number of aryl methyl sites for hydroxylation is 1. The van der Waals surface area contributed by atoms with Gasteiger partial charge in [-0.3, -0.25) is 0 Å². The largest absolute Gasteiger partial charge is 0.428 e. The number of aliphatic hydroxyl groups is 1. The first-order chi connectivity index (χ1) is 12.7. The third-order valence-electron chi connectivity index (χ3n) is 4.11. The van der Waals surface area contributed by atoms with E-state index < -0.39 is 28.2 Å². The van der Waals surface area contributed by atoms with Crippen molar-refractivity contribution in [3.63, 3.8) is 0 Å². The number of rotatable bonds is 3. The second-order valence-corrected chi connectivity index (χ2v) is 6.71. The Kier molecular flexibility index (Phi) is 3.75. The minimum absolute atomic E-state index is 0.168. The second-order valence-electron chi connectivity index (χ2n) is 5.86. The molecule has 1 atom stereocenters. The van der Waals surface area contributed by atoms with Crippen molar-refractivity contribution in [3.05, 3.63) is 45.9 Å². The van der Waals surface area contributed by atoms with Crippen LogP contribution in [0, 0.1) is 6.92 Å². The van der Waals surface area contributed by atoms with Crippen LogP contribution in [0.15, 0.2) is 34.2 Å². The van der Waals surface area contributed by atoms with Crippen LogP contribution >= 0.6 is 11.3 Å². The molecule has 1 aromatic carbocycles. The SMILES string of the molecule is Cc1noc(N)c1C(O)(c1nc(-c2nc3ccccc3[nH]2)cs1)C(F)(F)F. The number of aromatic nitrogens is 4. The van der Waals surface area contributed by atoms with E-state index in [-0.39, 0.29) is 11.4 Å². The Morgan fingerprint density at radius 3 is 2.59 bits per heavy atom. The Bertz CT molecular complexity index is 1080. The Morgan fingerprint density at radius 1 is 1.22 bits per heavy atom. The summed E-state index contributed by atoms with van der Waals surface area (Å²) in [5.41, 5.74) is 2.74. The molecule has 3 aromatic heterocycles. The van der Waals surface area contributed by atoms with E-state index in [0.29, 0.717) is 28.2 Å². The maximum absolute atomic E-state index is 13.9. The van der Waals surface area contributed by atoms with Gasteiger partial charge in [-0.05, 0) is 19.1 Å². The number of alkyl halides is 3. The molecule has 0 bridgehead atoms. The van der Waals surface area contributed by atoms with E-state index in [4.69, 9.17) is 5.73 Å². The molecule has 0 aliphatic carbocycles. The third-order valence-corrected chi connectivity index (χ3v) is 5.06. The first kappa shape index (κ1) is 17.5. The first-order valence-electron chi connectivity index (χ1n) is 7.64. The highest BCUT2D eigenvalue weighted by atomic mass is 32.1. The molecule has 27 heavy (non-hydrogen) atoms. The highest BCUT2D eigenvalue weighted by Crippen LogP contribution is 2.48. The van der Waals surface area contributed by atoms with Crippen LogP contribution in [0.1, 0.15) is 16.3 Å². The molecule has 0 radical (unpaired) electrons. The number of nitrogens with zero attached hydrogens (tertiary/aromatic N) is 3. The number of H-pyrrole nitrogens is 1. The van der Waals surface area contributed by atoms with Crippen LogP contribution in [0.5, 0.6) is 0 Å². The van der Waals surface area contributed by atoms with Crippen molar-refractivity contribution in [2.75, 3.05) is 5.73 Å². The molecule has 1 unspecified atom stereocenters. The van der Waals surface area contributed by atoms with Crippen LogP contribution in [0.3, 0.4) is 0 Å². The molecule has 7 nitrogen and oxygen atoms in total. The smallest absolute Gasteiger partial charge is 0.370 e. The minimum Gasteiger partial charge on any atom is -0.370 e. The number of thiazole rings is 1. The summed E-state index contributed by atoms with van der Waals surface area (Å²) in [6.07, 6.45) is -5.10. The third kappa shape index (κ3) is 2.58. The van der Waals surface area contributed by atoms with E-state index >= 15 is 0 Å². The molecule has 0 amide bonds. The van der Waals surface area contributed by atoms with Crippen molar-refractivity contribution in [1.82, 2.24) is 20.1 Å². The van der Waals surface area contributed by atoms with Gasteiger partial charge in [0.2, 0.25) is 11.5 Å². The average Bonchev–Trinajstić information content (AvgIpc) is 3.31. The van der Waals surface area contributed by atoms with Crippen molar-refractivity contribution < 1.29 is 22.8 Å². The van der Waals surface area contributed by atoms with Crippen LogP contribution in [-0.2, 0) is 5.60 Å². The Morgan fingerprint density at radius 2 is 1.96 bits per heavy atom. The minimum atomic E-state index is -5.10. The average molecular weight is 395 g/mol. The normalized spacial score (nSPS) is 14.6. The van der Waals surface area contributed by atoms with Gasteiger partial charge < -0.3 is 20.3 Å². The molecule has 0 saturated heterocycles. The summed E-state index contributed by atoms with van der Waals surface area (Å²) >= 11 is 0.638. The second kappa shape index (κ2) is 5.79. The fourth-order valence-corrected chi connectivity index (χ4v) is 3.75. The zero-order chi connectivity index (χ0) is 19.4. The molecule has 4 aromatic rings. The van der Waals surface area contributed by atoms with Gasteiger partial charge in [0.05, 0.1) is 22.3 Å². The predicted molar refractivity (Wildman–Crippen MR) is 91.9 cm³/mol. The molecule has 0 saturated carbocycles. The fourth-order valence-electron chi connectivity index (χ4n) is 2.82. The standard InChI is InChI=1S/C16H12F3N5O2S/c1-7-11(12(20)26-24-7)15(25,16(17,18)19)14-23-10(6-27-14)13-21-8-4-2-3-5-9(8)22-13/h2-6,25H,20H2,1H3,(H,21,22). The molecule has 0 aliphatic heterocycles. The Hall–Kier alpha value is -2.92. The summed E-state index contributed by atoms with van der Waals surface area (Å²) in [5, 5.41) is 14.8. The number of hydrogen-bond acceptors (Lipinski definition) is 7. The number of nitrogens with two attached hydrogens (primary N) is 1. The van der Waals surface area contributed by atoms with Crippen LogP contribution in [0.2, 0.25) is 0 Å². The zero-order valence-electron chi connectivity index (χ0n) is 13.7. The van der Waals surface area contributed by atoms with Gasteiger partial charge in [-0.25, -0.2) is 9.97 Å². The lowest BCUT2D eigenvalue weighted by Crippen LogP contribution is -2.44. The maximum atomic E-state index is 13.9. The molecule has 3 heterocycles. The molecule has 0 aliphatic rings. The van der Waals surface area contributed by atoms with Crippen LogP contribution in [-0.4, -0.2) is 31.4 Å². The number of nitrogens with one attached hydrogen (secondary N) is 1. The van der Waals surface area contributed by atoms with Crippen molar-refractivity contribution in [1.29, 1.82) is 0 Å². The van der Waals surface area contributed by atoms with Crippen LogP contribution in [0.25, 0.3) is 22.6 Å². The number of benzene rings is 1. The van der Waals surface area contributed by atoms with Crippen LogP contribution < -0.4 is 5.73 Å². The number of aromatic amines is 1. The molecule has 140 valence electrons. The lowest BCUT2D eigenvalue weighted by molar-refractivity contribution is -0.248. The summed E-state index contributed by atoms with van der Waals surface area (Å²) in [4.78, 5) is 11.3. The van der Waals surface area contributed by atoms with Gasteiger partial charge in [0.1, 0.15) is 10.7 Å². The van der Waals surface area contributed by atoms with Gasteiger partial charge in [0, 0.05) is 5.38 Å². The summed E-state index contributed by atoms with van der Waals surface area (Å²) in [7, 11) is 0. The first-order valence-corrected chi connectivity index (χ1v) is 8.52. The van der Waals surface area contributed by atoms with Gasteiger partial charge in [0.25, 0.3) is 0 Å². The quantitative estimate of drug-likeness (QED) is 0.490. The maximum Gasteiger partial charge on any atom is 0.428 e. The predicted octanol–water partition coefficient (Wildman–Crippen LogP) is 3.36. The molecule has 11 heteroatoms. The lowest BCUT2D eigenvalue weighted by atomic mass is 9.93. The fraction of sp³-hybridized carbons (Fsp3) is 0.188. The number of anilines is 1. The summed E-state index contributed by atoms with van der Waals surface area (Å²) in [5.74, 6) is -0.328. The van der Waals surface area contributed by atoms with Gasteiger partial charge in [-0.15, -0.1) is 11.3 Å². The van der Waals surface area contributed by atoms with Gasteiger partial charge in [0.15, 0.2) is 5.82 Å².